The summed E-state index contributed by atoms with van der Waals surface area (Å²) in [5.74, 6) is -0.908. The smallest absolute Gasteiger partial charge is 0.334 e. The Morgan fingerprint density at radius 3 is 1.45 bits per heavy atom. The average Bonchev–Trinajstić information content (AvgIpc) is 2.40. The van der Waals surface area contributed by atoms with E-state index in [1.54, 1.807) is 25.8 Å². The SMILES string of the molecule is C=C(C)C(=O)OC(CC)N(C)C(CC)OC(=O)C(=C)C. The zero-order valence-electron chi connectivity index (χ0n) is 13.1. The number of ether oxygens (including phenoxy) is 2. The Bertz CT molecular complexity index is 353. The van der Waals surface area contributed by atoms with Gasteiger partial charge in [0.25, 0.3) is 0 Å². The van der Waals surface area contributed by atoms with Crippen molar-refractivity contribution in [2.75, 3.05) is 7.05 Å². The Kier molecular flexibility index (Phi) is 7.84. The maximum absolute atomic E-state index is 11.6. The minimum atomic E-state index is -0.470. The van der Waals surface area contributed by atoms with Gasteiger partial charge in [0.1, 0.15) is 0 Å². The lowest BCUT2D eigenvalue weighted by Crippen LogP contribution is -2.44. The van der Waals surface area contributed by atoms with Gasteiger partial charge in [0, 0.05) is 11.1 Å². The number of hydrogen-bond acceptors (Lipinski definition) is 5. The first-order chi connectivity index (χ1) is 9.24. The highest BCUT2D eigenvalue weighted by Crippen LogP contribution is 2.15. The predicted molar refractivity (Wildman–Crippen MR) is 77.7 cm³/mol. The zero-order valence-corrected chi connectivity index (χ0v) is 13.1. The van der Waals surface area contributed by atoms with Gasteiger partial charge >= 0.3 is 11.9 Å². The lowest BCUT2D eigenvalue weighted by molar-refractivity contribution is -0.177. The lowest BCUT2D eigenvalue weighted by atomic mass is 10.3. The maximum Gasteiger partial charge on any atom is 0.334 e. The van der Waals surface area contributed by atoms with Gasteiger partial charge in [-0.05, 0) is 33.7 Å². The van der Waals surface area contributed by atoms with E-state index in [9.17, 15) is 9.59 Å². The van der Waals surface area contributed by atoms with Crippen molar-refractivity contribution in [3.05, 3.63) is 24.3 Å². The second kappa shape index (κ2) is 8.53. The van der Waals surface area contributed by atoms with Gasteiger partial charge in [0.05, 0.1) is 0 Å². The van der Waals surface area contributed by atoms with Crippen LogP contribution in [-0.2, 0) is 19.1 Å². The van der Waals surface area contributed by atoms with Crippen LogP contribution in [0.25, 0.3) is 0 Å². The maximum atomic E-state index is 11.6. The topological polar surface area (TPSA) is 55.8 Å². The molecule has 0 saturated carbocycles. The van der Waals surface area contributed by atoms with Crippen LogP contribution in [0.15, 0.2) is 24.3 Å². The molecule has 0 fully saturated rings. The first kappa shape index (κ1) is 18.4. The van der Waals surface area contributed by atoms with Gasteiger partial charge in [-0.25, -0.2) is 14.5 Å². The number of carbonyl (C=O) groups is 2. The third-order valence-electron chi connectivity index (χ3n) is 2.79. The Hall–Kier alpha value is -1.62. The van der Waals surface area contributed by atoms with E-state index in [2.05, 4.69) is 13.2 Å². The quantitative estimate of drug-likeness (QED) is 0.389. The molecule has 0 aromatic rings. The number of carbonyl (C=O) groups excluding carboxylic acids is 2. The molecule has 5 heteroatoms. The summed E-state index contributed by atoms with van der Waals surface area (Å²) in [6.45, 7) is 14.1. The highest BCUT2D eigenvalue weighted by atomic mass is 16.6. The predicted octanol–water partition coefficient (Wildman–Crippen LogP) is 2.63. The van der Waals surface area contributed by atoms with Crippen LogP contribution in [0.4, 0.5) is 0 Å². The van der Waals surface area contributed by atoms with Crippen molar-refractivity contribution in [2.24, 2.45) is 0 Å². The van der Waals surface area contributed by atoms with E-state index in [-0.39, 0.29) is 0 Å². The minimum absolute atomic E-state index is 0.337. The van der Waals surface area contributed by atoms with Crippen LogP contribution >= 0.6 is 0 Å². The summed E-state index contributed by atoms with van der Waals surface area (Å²) >= 11 is 0. The standard InChI is InChI=1S/C15H25NO4/c1-8-12(19-14(17)10(3)4)16(7)13(9-2)20-15(18)11(5)6/h12-13H,3,5,8-9H2,1-2,4,6-7H3. The summed E-state index contributed by atoms with van der Waals surface area (Å²) in [5, 5.41) is 0. The minimum Gasteiger partial charge on any atom is -0.443 e. The molecule has 0 rings (SSSR count). The molecule has 2 unspecified atom stereocenters. The summed E-state index contributed by atoms with van der Waals surface area (Å²) in [4.78, 5) is 24.9. The molecule has 0 aromatic heterocycles. The molecule has 20 heavy (non-hydrogen) atoms. The Morgan fingerprint density at radius 1 is 0.950 bits per heavy atom. The van der Waals surface area contributed by atoms with E-state index < -0.39 is 24.4 Å². The summed E-state index contributed by atoms with van der Waals surface area (Å²) in [6.07, 6.45) is 0.219. The van der Waals surface area contributed by atoms with Crippen molar-refractivity contribution >= 4 is 11.9 Å². The van der Waals surface area contributed by atoms with E-state index in [0.29, 0.717) is 24.0 Å². The lowest BCUT2D eigenvalue weighted by Gasteiger charge is -2.33. The van der Waals surface area contributed by atoms with Crippen molar-refractivity contribution < 1.29 is 19.1 Å². The van der Waals surface area contributed by atoms with Crippen LogP contribution < -0.4 is 0 Å². The monoisotopic (exact) mass is 283 g/mol. The van der Waals surface area contributed by atoms with E-state index in [1.165, 1.54) is 0 Å². The number of esters is 2. The van der Waals surface area contributed by atoms with Gasteiger partial charge in [-0.1, -0.05) is 27.0 Å². The Morgan fingerprint density at radius 2 is 1.25 bits per heavy atom. The molecule has 0 aliphatic heterocycles. The third-order valence-corrected chi connectivity index (χ3v) is 2.79. The van der Waals surface area contributed by atoms with Crippen LogP contribution in [-0.4, -0.2) is 36.3 Å². The molecule has 5 nitrogen and oxygen atoms in total. The number of hydrogen-bond donors (Lipinski definition) is 0. The Labute approximate surface area is 121 Å². The van der Waals surface area contributed by atoms with Gasteiger partial charge in [-0.2, -0.15) is 0 Å². The second-order valence-electron chi connectivity index (χ2n) is 4.76. The first-order valence-electron chi connectivity index (χ1n) is 6.69. The van der Waals surface area contributed by atoms with E-state index in [4.69, 9.17) is 9.47 Å². The van der Waals surface area contributed by atoms with Crippen LogP contribution in [0.1, 0.15) is 40.5 Å². The highest BCUT2D eigenvalue weighted by Gasteiger charge is 2.26. The van der Waals surface area contributed by atoms with Crippen molar-refractivity contribution in [2.45, 2.75) is 53.0 Å². The van der Waals surface area contributed by atoms with Crippen molar-refractivity contribution in [1.82, 2.24) is 4.90 Å². The van der Waals surface area contributed by atoms with Gasteiger partial charge < -0.3 is 9.47 Å². The molecule has 0 saturated heterocycles. The van der Waals surface area contributed by atoms with Gasteiger partial charge in [-0.15, -0.1) is 0 Å². The summed E-state index contributed by atoms with van der Waals surface area (Å²) in [6, 6.07) is 0. The molecule has 114 valence electrons. The summed E-state index contributed by atoms with van der Waals surface area (Å²) in [7, 11) is 1.75. The van der Waals surface area contributed by atoms with E-state index in [1.807, 2.05) is 13.8 Å². The third kappa shape index (κ3) is 5.57. The van der Waals surface area contributed by atoms with Crippen molar-refractivity contribution in [1.29, 1.82) is 0 Å². The fourth-order valence-corrected chi connectivity index (χ4v) is 1.54. The molecule has 0 bridgehead atoms. The average molecular weight is 283 g/mol. The number of rotatable bonds is 8. The molecule has 0 aliphatic carbocycles. The van der Waals surface area contributed by atoms with Crippen LogP contribution in [0.2, 0.25) is 0 Å². The van der Waals surface area contributed by atoms with E-state index in [0.717, 1.165) is 0 Å². The molecule has 0 amide bonds. The molecule has 0 heterocycles. The Balaban J connectivity index is 4.81. The largest absolute Gasteiger partial charge is 0.443 e. The van der Waals surface area contributed by atoms with Gasteiger partial charge in [0.15, 0.2) is 12.5 Å². The molecule has 2 atom stereocenters. The van der Waals surface area contributed by atoms with Crippen molar-refractivity contribution in [3.8, 4) is 0 Å². The first-order valence-corrected chi connectivity index (χ1v) is 6.69. The van der Waals surface area contributed by atoms with E-state index >= 15 is 0 Å². The molecular weight excluding hydrogens is 258 g/mol. The van der Waals surface area contributed by atoms with Gasteiger partial charge in [-0.3, -0.25) is 0 Å². The summed E-state index contributed by atoms with van der Waals surface area (Å²) in [5.41, 5.74) is 0.674. The fraction of sp³-hybridized carbons (Fsp3) is 0.600. The normalized spacial score (nSPS) is 13.5. The fourth-order valence-electron chi connectivity index (χ4n) is 1.54. The van der Waals surface area contributed by atoms with Crippen molar-refractivity contribution in [3.63, 3.8) is 0 Å². The molecule has 0 N–H and O–H groups in total. The van der Waals surface area contributed by atoms with Crippen LogP contribution in [0, 0.1) is 0 Å². The van der Waals surface area contributed by atoms with Crippen LogP contribution in [0.3, 0.4) is 0 Å². The van der Waals surface area contributed by atoms with Gasteiger partial charge in [0.2, 0.25) is 0 Å². The molecule has 0 spiro atoms. The molecular formula is C15H25NO4. The molecule has 0 radical (unpaired) electrons. The second-order valence-corrected chi connectivity index (χ2v) is 4.76. The zero-order chi connectivity index (χ0) is 15.9. The van der Waals surface area contributed by atoms with Crippen LogP contribution in [0.5, 0.6) is 0 Å². The summed E-state index contributed by atoms with van der Waals surface area (Å²) < 4.78 is 10.6. The number of nitrogens with zero attached hydrogens (tertiary/aromatic N) is 1. The molecule has 0 aromatic carbocycles. The highest BCUT2D eigenvalue weighted by molar-refractivity contribution is 5.87. The molecule has 0 aliphatic rings.